The Hall–Kier alpha value is -8.50. The quantitative estimate of drug-likeness (QED) is 0.0788. The van der Waals surface area contributed by atoms with E-state index in [4.69, 9.17) is 0 Å². The van der Waals surface area contributed by atoms with Crippen molar-refractivity contribution in [1.82, 2.24) is 59.3 Å². The van der Waals surface area contributed by atoms with Crippen molar-refractivity contribution < 1.29 is 34.5 Å². The second-order valence-corrected chi connectivity index (χ2v) is 19.2. The summed E-state index contributed by atoms with van der Waals surface area (Å²) in [6.07, 6.45) is 1.82. The third-order valence-corrected chi connectivity index (χ3v) is 13.8. The molecule has 4 aliphatic rings. The molecule has 6 aromatic rings. The summed E-state index contributed by atoms with van der Waals surface area (Å²) in [5.74, 6) is -2.66. The van der Waals surface area contributed by atoms with Gasteiger partial charge in [-0.05, 0) is 71.3 Å². The van der Waals surface area contributed by atoms with E-state index in [1.165, 1.54) is 21.1 Å². The molecular weight excluding hydrogens is 1080 g/mol. The molecule has 22 nitrogen and oxygen atoms in total. The molecular formula is C63H92N12O10. The molecule has 4 amide bonds. The Balaban J connectivity index is 0.000000399. The number of hydrogen-bond donors (Lipinski definition) is 6. The first-order valence-corrected chi connectivity index (χ1v) is 29.3. The molecule has 22 heteroatoms. The third-order valence-electron chi connectivity index (χ3n) is 13.8. The molecule has 6 heterocycles. The molecule has 10 rings (SSSR count). The molecule has 1 saturated carbocycles. The summed E-state index contributed by atoms with van der Waals surface area (Å²) in [5, 5.41) is 38.3. The number of fused-ring (bicyclic) bond motifs is 4. The fourth-order valence-corrected chi connectivity index (χ4v) is 8.68. The van der Waals surface area contributed by atoms with Gasteiger partial charge in [0, 0.05) is 26.7 Å². The predicted molar refractivity (Wildman–Crippen MR) is 332 cm³/mol. The number of nitrogens with one attached hydrogen (secondary N) is 3. The molecule has 464 valence electrons. The van der Waals surface area contributed by atoms with Gasteiger partial charge in [-0.25, -0.2) is 24.3 Å². The normalized spacial score (nSPS) is 14.4. The molecule has 0 radical (unpaired) electrons. The van der Waals surface area contributed by atoms with Gasteiger partial charge in [0.1, 0.15) is 17.5 Å². The smallest absolute Gasteiger partial charge is 0.333 e. The average molecular weight is 1180 g/mol. The Morgan fingerprint density at radius 3 is 1.11 bits per heavy atom. The first-order valence-electron chi connectivity index (χ1n) is 29.3. The van der Waals surface area contributed by atoms with Crippen molar-refractivity contribution in [3.05, 3.63) is 173 Å². The molecule has 0 bridgehead atoms. The number of benzene rings is 3. The van der Waals surface area contributed by atoms with Crippen molar-refractivity contribution in [2.75, 3.05) is 21.1 Å². The fraction of sp³-hybridized carbons (Fsp3) is 0.460. The third kappa shape index (κ3) is 16.0. The Bertz CT molecular complexity index is 3210. The largest absolute Gasteiger partial charge is 0.501 e. The lowest BCUT2D eigenvalue weighted by Crippen LogP contribution is -2.36. The first-order chi connectivity index (χ1) is 40.6. The molecule has 1 aliphatic carbocycles. The number of nitrogens with zero attached hydrogens (tertiary/aromatic N) is 9. The van der Waals surface area contributed by atoms with Gasteiger partial charge in [0.2, 0.25) is 17.2 Å². The summed E-state index contributed by atoms with van der Waals surface area (Å²) < 4.78 is 3.64. The number of carbonyl (C=O) groups excluding carboxylic acids is 4. The predicted octanol–water partition coefficient (Wildman–Crippen LogP) is 8.97. The van der Waals surface area contributed by atoms with Gasteiger partial charge >= 0.3 is 11.6 Å². The van der Waals surface area contributed by atoms with E-state index in [0.717, 1.165) is 34.1 Å². The SMILES string of the molecule is CC.CC.CC.CC.CC.CC.CN1C(=O)n2c(nc(C(=O)NCc3ccccc3)c(O)c2=O)C1(C)C.CN1Cn2c(nc(C(=O)NCc3ccccc3)c(O)c2=O)C1(C)C.CN1Cn2c(nc(C(=O)NCc3ccccc3)c(O)c2=O)C12CC2. The van der Waals surface area contributed by atoms with E-state index < -0.39 is 68.8 Å². The van der Waals surface area contributed by atoms with Gasteiger partial charge in [-0.3, -0.25) is 47.7 Å². The van der Waals surface area contributed by atoms with Crippen LogP contribution in [0.25, 0.3) is 0 Å². The lowest BCUT2D eigenvalue weighted by atomic mass is 10.0. The van der Waals surface area contributed by atoms with Gasteiger partial charge in [0.15, 0.2) is 17.1 Å². The highest BCUT2D eigenvalue weighted by Gasteiger charge is 2.56. The highest BCUT2D eigenvalue weighted by Crippen LogP contribution is 2.52. The molecule has 85 heavy (non-hydrogen) atoms. The van der Waals surface area contributed by atoms with Crippen LogP contribution in [0.2, 0.25) is 0 Å². The molecule has 0 unspecified atom stereocenters. The molecule has 3 aromatic heterocycles. The summed E-state index contributed by atoms with van der Waals surface area (Å²) >= 11 is 0. The molecule has 3 aromatic carbocycles. The summed E-state index contributed by atoms with van der Waals surface area (Å²) in [7, 11) is 5.32. The lowest BCUT2D eigenvalue weighted by Gasteiger charge is -2.25. The van der Waals surface area contributed by atoms with Gasteiger partial charge in [-0.2, -0.15) is 0 Å². The summed E-state index contributed by atoms with van der Waals surface area (Å²) in [4.78, 5) is 105. The number of aromatic nitrogens is 6. The van der Waals surface area contributed by atoms with Gasteiger partial charge < -0.3 is 36.2 Å². The average Bonchev–Trinajstić information content (AvgIpc) is 1.82. The van der Waals surface area contributed by atoms with Crippen LogP contribution >= 0.6 is 0 Å². The van der Waals surface area contributed by atoms with E-state index in [1.807, 2.05) is 212 Å². The van der Waals surface area contributed by atoms with Crippen molar-refractivity contribution in [3.8, 4) is 17.2 Å². The highest BCUT2D eigenvalue weighted by molar-refractivity contribution is 5.96. The summed E-state index contributed by atoms with van der Waals surface area (Å²) in [5.41, 5.74) is -1.81. The second-order valence-electron chi connectivity index (χ2n) is 19.2. The number of amides is 4. The topological polar surface area (TPSA) is 279 Å². The van der Waals surface area contributed by atoms with E-state index in [1.54, 1.807) is 13.8 Å². The van der Waals surface area contributed by atoms with Crippen molar-refractivity contribution in [2.24, 2.45) is 0 Å². The Labute approximate surface area is 500 Å². The van der Waals surface area contributed by atoms with Crippen molar-refractivity contribution in [1.29, 1.82) is 0 Å². The second kappa shape index (κ2) is 33.1. The van der Waals surface area contributed by atoms with Gasteiger partial charge in [0.25, 0.3) is 28.8 Å². The van der Waals surface area contributed by atoms with E-state index in [9.17, 15) is 48.9 Å². The maximum Gasteiger partial charge on any atom is 0.333 e. The maximum atomic E-state index is 12.4. The number of aromatic hydroxyl groups is 3. The van der Waals surface area contributed by atoms with Gasteiger partial charge in [-0.15, -0.1) is 0 Å². The van der Waals surface area contributed by atoms with E-state index in [2.05, 4.69) is 30.9 Å². The Morgan fingerprint density at radius 2 is 0.753 bits per heavy atom. The van der Waals surface area contributed by atoms with Gasteiger partial charge in [-0.1, -0.05) is 174 Å². The molecule has 6 N–H and O–H groups in total. The van der Waals surface area contributed by atoms with Crippen LogP contribution in [0.3, 0.4) is 0 Å². The molecule has 1 spiro atoms. The molecule has 3 aliphatic heterocycles. The van der Waals surface area contributed by atoms with Crippen LogP contribution in [-0.4, -0.2) is 104 Å². The summed E-state index contributed by atoms with van der Waals surface area (Å²) in [6, 6.07) is 27.4. The van der Waals surface area contributed by atoms with E-state index >= 15 is 0 Å². The zero-order valence-corrected chi connectivity index (χ0v) is 53.3. The Morgan fingerprint density at radius 1 is 0.447 bits per heavy atom. The highest BCUT2D eigenvalue weighted by atomic mass is 16.3. The van der Waals surface area contributed by atoms with Crippen LogP contribution in [0.1, 0.15) is 189 Å². The zero-order valence-electron chi connectivity index (χ0n) is 53.3. The van der Waals surface area contributed by atoms with Crippen LogP contribution in [0.15, 0.2) is 105 Å². The zero-order chi connectivity index (χ0) is 64.7. The van der Waals surface area contributed by atoms with E-state index in [-0.39, 0.29) is 35.0 Å². The minimum Gasteiger partial charge on any atom is -0.501 e. The van der Waals surface area contributed by atoms with Crippen LogP contribution < -0.4 is 32.6 Å². The van der Waals surface area contributed by atoms with Crippen molar-refractivity contribution in [2.45, 2.75) is 173 Å². The molecule has 0 atom stereocenters. The van der Waals surface area contributed by atoms with E-state index in [0.29, 0.717) is 38.1 Å². The number of hydrogen-bond acceptors (Lipinski definition) is 15. The molecule has 0 saturated heterocycles. The van der Waals surface area contributed by atoms with Crippen molar-refractivity contribution in [3.63, 3.8) is 0 Å². The van der Waals surface area contributed by atoms with Crippen LogP contribution in [0, 0.1) is 0 Å². The monoisotopic (exact) mass is 1180 g/mol. The van der Waals surface area contributed by atoms with Crippen LogP contribution in [0.4, 0.5) is 4.79 Å². The fourth-order valence-electron chi connectivity index (χ4n) is 8.68. The van der Waals surface area contributed by atoms with Crippen molar-refractivity contribution >= 4 is 23.8 Å². The number of rotatable bonds is 9. The van der Waals surface area contributed by atoms with Gasteiger partial charge in [0.05, 0.1) is 30.0 Å². The maximum absolute atomic E-state index is 12.4. The minimum atomic E-state index is -0.947. The minimum absolute atomic E-state index is 0.118. The van der Waals surface area contributed by atoms with Crippen LogP contribution in [0.5, 0.6) is 17.2 Å². The standard InChI is InChI=1S/C17H18N4O4.C17H18N4O3.C17H20N4O3.6C2H6/c1-17(2)15-19-11(12(22)14(24)21(15)16(25)20(17)3)13(23)18-9-10-7-5-4-6-8-10;1-20-10-21-15(24)13(22)12(19-16(21)17(20)7-8-17)14(23)18-9-11-5-3-2-4-6-11;1-17(2)16-19-12(13(22)15(24)21(16)10-20(17)3)14(23)18-9-11-7-5-4-6-8-11;6*1-2/h4-8,22H,9H2,1-3H3,(H,18,23);2-6,22H,7-10H2,1H3,(H,18,23);4-8,22H,9-10H2,1-3H3,(H,18,23);6*1-2H3. The van der Waals surface area contributed by atoms with Crippen LogP contribution in [-0.2, 0) is 49.6 Å². The summed E-state index contributed by atoms with van der Waals surface area (Å²) in [6.45, 7) is 32.8. The Kier molecular flexibility index (Phi) is 28.3. The molecule has 1 fully saturated rings. The number of carbonyl (C=O) groups is 4. The lowest BCUT2D eigenvalue weighted by molar-refractivity contribution is 0.0933. The first kappa shape index (κ1) is 72.6.